The fourth-order valence-corrected chi connectivity index (χ4v) is 3.75. The van der Waals surface area contributed by atoms with Gasteiger partial charge in [0.05, 0.1) is 16.6 Å². The highest BCUT2D eigenvalue weighted by Crippen LogP contribution is 2.25. The highest BCUT2D eigenvalue weighted by atomic mass is 35.5. The fourth-order valence-electron chi connectivity index (χ4n) is 3.52. The third-order valence-electron chi connectivity index (χ3n) is 5.52. The van der Waals surface area contributed by atoms with Crippen LogP contribution in [-0.4, -0.2) is 43.0 Å². The van der Waals surface area contributed by atoms with E-state index in [9.17, 15) is 4.79 Å². The van der Waals surface area contributed by atoms with E-state index in [1.54, 1.807) is 18.2 Å². The Hall–Kier alpha value is -2.55. The monoisotopic (exact) mass is 396 g/mol. The van der Waals surface area contributed by atoms with Crippen LogP contribution in [0.25, 0.3) is 0 Å². The van der Waals surface area contributed by atoms with E-state index in [2.05, 4.69) is 47.2 Å². The van der Waals surface area contributed by atoms with Crippen molar-refractivity contribution in [2.45, 2.75) is 26.8 Å². The predicted octanol–water partition coefficient (Wildman–Crippen LogP) is 3.98. The van der Waals surface area contributed by atoms with Crippen molar-refractivity contribution in [2.24, 2.45) is 0 Å². The van der Waals surface area contributed by atoms with E-state index in [0.717, 1.165) is 26.2 Å². The molecule has 0 aromatic heterocycles. The summed E-state index contributed by atoms with van der Waals surface area (Å²) < 4.78 is 0. The van der Waals surface area contributed by atoms with Gasteiger partial charge in [-0.05, 0) is 56.2 Å². The molecule has 1 aliphatic rings. The number of hydrogen-bond donors (Lipinski definition) is 1. The largest absolute Gasteiger partial charge is 0.369 e. The Kier molecular flexibility index (Phi) is 6.23. The number of aryl methyl sites for hydroxylation is 1. The molecule has 1 fully saturated rings. The molecule has 1 heterocycles. The van der Waals surface area contributed by atoms with Crippen molar-refractivity contribution < 1.29 is 4.79 Å². The molecule has 0 aliphatic carbocycles. The van der Waals surface area contributed by atoms with Crippen LogP contribution in [0.5, 0.6) is 0 Å². The van der Waals surface area contributed by atoms with Crippen LogP contribution in [0.15, 0.2) is 36.4 Å². The molecule has 6 heteroatoms. The van der Waals surface area contributed by atoms with E-state index in [1.165, 1.54) is 16.8 Å². The average molecular weight is 397 g/mol. The minimum atomic E-state index is -0.241. The smallest absolute Gasteiger partial charge is 0.241 e. The number of benzene rings is 2. The molecule has 0 saturated carbocycles. The van der Waals surface area contributed by atoms with Gasteiger partial charge in [0.15, 0.2) is 0 Å². The Morgan fingerprint density at radius 3 is 2.54 bits per heavy atom. The average Bonchev–Trinajstić information content (AvgIpc) is 2.70. The van der Waals surface area contributed by atoms with Gasteiger partial charge in [-0.2, -0.15) is 5.26 Å². The number of halogens is 1. The number of anilines is 2. The predicted molar refractivity (Wildman–Crippen MR) is 114 cm³/mol. The zero-order valence-electron chi connectivity index (χ0n) is 16.5. The van der Waals surface area contributed by atoms with Crippen LogP contribution in [0.4, 0.5) is 11.4 Å². The number of nitriles is 1. The van der Waals surface area contributed by atoms with Gasteiger partial charge >= 0.3 is 0 Å². The molecule has 0 bridgehead atoms. The Labute approximate surface area is 171 Å². The summed E-state index contributed by atoms with van der Waals surface area (Å²) in [4.78, 5) is 17.2. The zero-order valence-corrected chi connectivity index (χ0v) is 17.3. The number of hydrogen-bond acceptors (Lipinski definition) is 4. The highest BCUT2D eigenvalue weighted by molar-refractivity contribution is 6.32. The third kappa shape index (κ3) is 4.30. The second-order valence-corrected chi connectivity index (χ2v) is 7.62. The number of rotatable bonds is 4. The minimum Gasteiger partial charge on any atom is -0.369 e. The summed E-state index contributed by atoms with van der Waals surface area (Å²) in [5.41, 5.74) is 4.90. The van der Waals surface area contributed by atoms with E-state index in [0.29, 0.717) is 16.3 Å². The Bertz CT molecular complexity index is 913. The Morgan fingerprint density at radius 2 is 1.89 bits per heavy atom. The summed E-state index contributed by atoms with van der Waals surface area (Å²) >= 11 is 6.05. The SMILES string of the molecule is Cc1cccc(N2CCN(C(C)C(=O)Nc3ccc(C#N)c(Cl)c3)CC2)c1C. The molecule has 146 valence electrons. The Balaban J connectivity index is 1.59. The lowest BCUT2D eigenvalue weighted by Gasteiger charge is -2.39. The molecular formula is C22H25ClN4O. The molecule has 1 amide bonds. The van der Waals surface area contributed by atoms with Gasteiger partial charge < -0.3 is 10.2 Å². The maximum absolute atomic E-state index is 12.7. The normalized spacial score (nSPS) is 15.8. The van der Waals surface area contributed by atoms with Crippen molar-refractivity contribution in [3.63, 3.8) is 0 Å². The summed E-state index contributed by atoms with van der Waals surface area (Å²) in [6, 6.07) is 13.1. The molecule has 0 spiro atoms. The van der Waals surface area contributed by atoms with Crippen molar-refractivity contribution in [3.05, 3.63) is 58.1 Å². The van der Waals surface area contributed by atoms with Gasteiger partial charge in [0, 0.05) is 37.6 Å². The second-order valence-electron chi connectivity index (χ2n) is 7.21. The van der Waals surface area contributed by atoms with Gasteiger partial charge in [0.1, 0.15) is 6.07 Å². The maximum Gasteiger partial charge on any atom is 0.241 e. The molecule has 0 radical (unpaired) electrons. The van der Waals surface area contributed by atoms with Crippen molar-refractivity contribution >= 4 is 28.9 Å². The van der Waals surface area contributed by atoms with Crippen LogP contribution < -0.4 is 10.2 Å². The lowest BCUT2D eigenvalue weighted by Crippen LogP contribution is -2.53. The fraction of sp³-hybridized carbons (Fsp3) is 0.364. The topological polar surface area (TPSA) is 59.4 Å². The first kappa shape index (κ1) is 20.2. The summed E-state index contributed by atoms with van der Waals surface area (Å²) in [5.74, 6) is -0.0686. The van der Waals surface area contributed by atoms with Crippen molar-refractivity contribution in [1.29, 1.82) is 5.26 Å². The third-order valence-corrected chi connectivity index (χ3v) is 5.83. The molecule has 1 atom stereocenters. The van der Waals surface area contributed by atoms with Gasteiger partial charge in [0.2, 0.25) is 5.91 Å². The first-order valence-electron chi connectivity index (χ1n) is 9.46. The zero-order chi connectivity index (χ0) is 20.3. The number of nitrogens with zero attached hydrogens (tertiary/aromatic N) is 3. The van der Waals surface area contributed by atoms with Crippen LogP contribution in [0.2, 0.25) is 5.02 Å². The van der Waals surface area contributed by atoms with Crippen molar-refractivity contribution in [1.82, 2.24) is 4.90 Å². The van der Waals surface area contributed by atoms with E-state index >= 15 is 0 Å². The van der Waals surface area contributed by atoms with Crippen molar-refractivity contribution in [2.75, 3.05) is 36.4 Å². The minimum absolute atomic E-state index is 0.0686. The number of piperazine rings is 1. The second kappa shape index (κ2) is 8.64. The Morgan fingerprint density at radius 1 is 1.18 bits per heavy atom. The van der Waals surface area contributed by atoms with Gasteiger partial charge in [-0.15, -0.1) is 0 Å². The molecule has 5 nitrogen and oxygen atoms in total. The summed E-state index contributed by atoms with van der Waals surface area (Å²) in [6.45, 7) is 9.67. The molecule has 1 unspecified atom stereocenters. The lowest BCUT2D eigenvalue weighted by molar-refractivity contribution is -0.120. The van der Waals surface area contributed by atoms with Gasteiger partial charge in [-0.1, -0.05) is 23.7 Å². The number of carbonyl (C=O) groups excluding carboxylic acids is 1. The van der Waals surface area contributed by atoms with Crippen LogP contribution in [-0.2, 0) is 4.79 Å². The number of carbonyl (C=O) groups is 1. The van der Waals surface area contributed by atoms with Crippen LogP contribution in [0.3, 0.4) is 0 Å². The molecule has 2 aromatic rings. The molecular weight excluding hydrogens is 372 g/mol. The van der Waals surface area contributed by atoms with Gasteiger partial charge in [-0.3, -0.25) is 9.69 Å². The van der Waals surface area contributed by atoms with Crippen LogP contribution in [0, 0.1) is 25.2 Å². The van der Waals surface area contributed by atoms with E-state index in [4.69, 9.17) is 16.9 Å². The summed E-state index contributed by atoms with van der Waals surface area (Å²) in [6.07, 6.45) is 0. The van der Waals surface area contributed by atoms with E-state index in [1.807, 2.05) is 13.0 Å². The number of nitrogens with one attached hydrogen (secondary N) is 1. The van der Waals surface area contributed by atoms with Crippen LogP contribution >= 0.6 is 11.6 Å². The van der Waals surface area contributed by atoms with Gasteiger partial charge in [0.25, 0.3) is 0 Å². The lowest BCUT2D eigenvalue weighted by atomic mass is 10.1. The van der Waals surface area contributed by atoms with E-state index < -0.39 is 0 Å². The first-order chi connectivity index (χ1) is 13.4. The molecule has 1 N–H and O–H groups in total. The summed E-state index contributed by atoms with van der Waals surface area (Å²) in [5, 5.41) is 12.2. The molecule has 1 saturated heterocycles. The first-order valence-corrected chi connectivity index (χ1v) is 9.84. The molecule has 3 rings (SSSR count). The van der Waals surface area contributed by atoms with E-state index in [-0.39, 0.29) is 11.9 Å². The highest BCUT2D eigenvalue weighted by Gasteiger charge is 2.26. The molecule has 2 aromatic carbocycles. The summed E-state index contributed by atoms with van der Waals surface area (Å²) in [7, 11) is 0. The number of amides is 1. The quantitative estimate of drug-likeness (QED) is 0.849. The molecule has 1 aliphatic heterocycles. The van der Waals surface area contributed by atoms with Crippen molar-refractivity contribution in [3.8, 4) is 6.07 Å². The van der Waals surface area contributed by atoms with Crippen LogP contribution in [0.1, 0.15) is 23.6 Å². The maximum atomic E-state index is 12.7. The standard InChI is InChI=1S/C22H25ClN4O/c1-15-5-4-6-21(16(15)2)27-11-9-26(10-12-27)17(3)22(28)25-19-8-7-18(14-24)20(23)13-19/h4-8,13,17H,9-12H2,1-3H3,(H,25,28). The van der Waals surface area contributed by atoms with Gasteiger partial charge in [-0.25, -0.2) is 0 Å². The molecule has 28 heavy (non-hydrogen) atoms.